The second-order valence-electron chi connectivity index (χ2n) is 19.5. The Kier molecular flexibility index (Phi) is 57.4. The van der Waals surface area contributed by atoms with E-state index in [0.717, 1.165) is 70.6 Å². The molecule has 1 unspecified atom stereocenters. The maximum absolute atomic E-state index is 12.9. The molecular formula is C65H112O5. The van der Waals surface area contributed by atoms with Crippen LogP contribution in [0, 0.1) is 0 Å². The van der Waals surface area contributed by atoms with Gasteiger partial charge in [-0.2, -0.15) is 0 Å². The van der Waals surface area contributed by atoms with Crippen LogP contribution in [0.4, 0.5) is 0 Å². The molecule has 0 spiro atoms. The molecule has 1 atom stereocenters. The number of allylic oxidation sites excluding steroid dienone is 16. The Balaban J connectivity index is 4.37. The van der Waals surface area contributed by atoms with Gasteiger partial charge >= 0.3 is 11.9 Å². The van der Waals surface area contributed by atoms with Gasteiger partial charge in [0.05, 0.1) is 6.61 Å². The van der Waals surface area contributed by atoms with Crippen LogP contribution < -0.4 is 0 Å². The number of rotatable bonds is 54. The largest absolute Gasteiger partial charge is 0.462 e. The molecule has 5 nitrogen and oxygen atoms in total. The summed E-state index contributed by atoms with van der Waals surface area (Å²) in [4.78, 5) is 25.5. The van der Waals surface area contributed by atoms with Gasteiger partial charge in [0, 0.05) is 19.4 Å². The summed E-state index contributed by atoms with van der Waals surface area (Å²) in [5.74, 6) is -0.488. The predicted molar refractivity (Wildman–Crippen MR) is 306 cm³/mol. The first-order chi connectivity index (χ1) is 34.6. The van der Waals surface area contributed by atoms with Gasteiger partial charge in [0.25, 0.3) is 0 Å². The van der Waals surface area contributed by atoms with E-state index in [0.29, 0.717) is 25.9 Å². The van der Waals surface area contributed by atoms with Crippen molar-refractivity contribution in [2.24, 2.45) is 0 Å². The van der Waals surface area contributed by atoms with E-state index in [1.165, 1.54) is 167 Å². The Morgan fingerprint density at radius 1 is 0.329 bits per heavy atom. The molecule has 0 saturated heterocycles. The number of carbonyl (C=O) groups excluding carboxylic acids is 2. The summed E-state index contributed by atoms with van der Waals surface area (Å²) in [7, 11) is 0. The fraction of sp³-hybridized carbons (Fsp3) is 0.723. The third kappa shape index (κ3) is 57.4. The van der Waals surface area contributed by atoms with Crippen molar-refractivity contribution >= 4 is 11.9 Å². The van der Waals surface area contributed by atoms with Crippen molar-refractivity contribution in [3.63, 3.8) is 0 Å². The highest BCUT2D eigenvalue weighted by Gasteiger charge is 2.17. The molecule has 0 aliphatic heterocycles. The number of unbranched alkanes of at least 4 members (excludes halogenated alkanes) is 27. The lowest BCUT2D eigenvalue weighted by Crippen LogP contribution is -2.30. The average Bonchev–Trinajstić information content (AvgIpc) is 3.36. The molecule has 402 valence electrons. The van der Waals surface area contributed by atoms with E-state index in [-0.39, 0.29) is 25.2 Å². The van der Waals surface area contributed by atoms with Crippen LogP contribution in [0.2, 0.25) is 0 Å². The molecule has 0 fully saturated rings. The zero-order chi connectivity index (χ0) is 50.6. The number of hydrogen-bond acceptors (Lipinski definition) is 5. The van der Waals surface area contributed by atoms with Crippen LogP contribution in [-0.2, 0) is 23.8 Å². The van der Waals surface area contributed by atoms with Gasteiger partial charge < -0.3 is 14.2 Å². The van der Waals surface area contributed by atoms with Gasteiger partial charge in [-0.25, -0.2) is 0 Å². The topological polar surface area (TPSA) is 61.8 Å². The lowest BCUT2D eigenvalue weighted by Gasteiger charge is -2.18. The molecule has 0 amide bonds. The Bertz CT molecular complexity index is 1330. The Morgan fingerprint density at radius 2 is 0.671 bits per heavy atom. The van der Waals surface area contributed by atoms with Gasteiger partial charge in [-0.05, 0) is 89.9 Å². The number of ether oxygens (including phenoxy) is 3. The number of carbonyl (C=O) groups is 2. The first-order valence-corrected chi connectivity index (χ1v) is 29.8. The first kappa shape index (κ1) is 66.8. The SMILES string of the molecule is CC/C=C\C/C=C\C/C=C\C/C=C\C/C=C\C/C=C\CCC(=O)OCC(COCCCCCCCCCCCC/C=C\C/C=C\CCCCC)OC(=O)CCCCCCCCCCCCCCCCC. The maximum atomic E-state index is 12.9. The fourth-order valence-corrected chi connectivity index (χ4v) is 8.21. The van der Waals surface area contributed by atoms with E-state index in [9.17, 15) is 9.59 Å². The summed E-state index contributed by atoms with van der Waals surface area (Å²) < 4.78 is 17.4. The van der Waals surface area contributed by atoms with Crippen molar-refractivity contribution < 1.29 is 23.8 Å². The van der Waals surface area contributed by atoms with E-state index in [1.807, 2.05) is 6.08 Å². The molecule has 0 bridgehead atoms. The van der Waals surface area contributed by atoms with E-state index < -0.39 is 6.10 Å². The highest BCUT2D eigenvalue weighted by molar-refractivity contribution is 5.70. The lowest BCUT2D eigenvalue weighted by molar-refractivity contribution is -0.162. The number of hydrogen-bond donors (Lipinski definition) is 0. The van der Waals surface area contributed by atoms with Crippen molar-refractivity contribution in [2.45, 2.75) is 284 Å². The molecule has 0 N–H and O–H groups in total. The van der Waals surface area contributed by atoms with E-state index in [4.69, 9.17) is 14.2 Å². The van der Waals surface area contributed by atoms with Gasteiger partial charge in [0.15, 0.2) is 6.10 Å². The molecule has 5 heteroatoms. The molecule has 0 rings (SSSR count). The van der Waals surface area contributed by atoms with E-state index >= 15 is 0 Å². The van der Waals surface area contributed by atoms with Crippen LogP contribution in [0.15, 0.2) is 97.2 Å². The molecule has 0 aromatic rings. The molecule has 0 radical (unpaired) electrons. The molecule has 0 aromatic carbocycles. The fourth-order valence-electron chi connectivity index (χ4n) is 8.21. The summed E-state index contributed by atoms with van der Waals surface area (Å²) in [6.07, 6.45) is 81.6. The Labute approximate surface area is 434 Å². The minimum atomic E-state index is -0.572. The molecule has 0 saturated carbocycles. The van der Waals surface area contributed by atoms with Crippen LogP contribution >= 0.6 is 0 Å². The highest BCUT2D eigenvalue weighted by Crippen LogP contribution is 2.16. The molecule has 70 heavy (non-hydrogen) atoms. The predicted octanol–water partition coefficient (Wildman–Crippen LogP) is 20.6. The normalized spacial score (nSPS) is 12.9. The van der Waals surface area contributed by atoms with Crippen molar-refractivity contribution in [3.8, 4) is 0 Å². The number of esters is 2. The summed E-state index contributed by atoms with van der Waals surface area (Å²) in [6.45, 7) is 7.63. The van der Waals surface area contributed by atoms with Gasteiger partial charge in [0.1, 0.15) is 6.61 Å². The monoisotopic (exact) mass is 973 g/mol. The van der Waals surface area contributed by atoms with Crippen molar-refractivity contribution in [3.05, 3.63) is 97.2 Å². The quantitative estimate of drug-likeness (QED) is 0.0345. The molecular weight excluding hydrogens is 861 g/mol. The molecule has 0 aliphatic carbocycles. The molecule has 0 heterocycles. The zero-order valence-corrected chi connectivity index (χ0v) is 46.3. The average molecular weight is 974 g/mol. The van der Waals surface area contributed by atoms with Gasteiger partial charge in [-0.3, -0.25) is 9.59 Å². The first-order valence-electron chi connectivity index (χ1n) is 29.8. The van der Waals surface area contributed by atoms with Gasteiger partial charge in [0.2, 0.25) is 0 Å². The van der Waals surface area contributed by atoms with E-state index in [1.54, 1.807) is 0 Å². The lowest BCUT2D eigenvalue weighted by atomic mass is 10.0. The smallest absolute Gasteiger partial charge is 0.306 e. The van der Waals surface area contributed by atoms with E-state index in [2.05, 4.69) is 112 Å². The summed E-state index contributed by atoms with van der Waals surface area (Å²) in [5.41, 5.74) is 0. The minimum absolute atomic E-state index is 0.0424. The van der Waals surface area contributed by atoms with Crippen LogP contribution in [0.5, 0.6) is 0 Å². The van der Waals surface area contributed by atoms with Crippen LogP contribution in [-0.4, -0.2) is 37.9 Å². The standard InChI is InChI=1S/C65H112O5/c1-4-7-10-13-16-19-22-25-28-30-32-34-36-39-42-45-48-51-54-57-60-68-61-63(70-65(67)59-56-53-50-47-44-41-37-27-24-21-18-15-12-9-6-3)62-69-64(66)58-55-52-49-46-43-40-38-35-33-31-29-26-23-20-17-14-11-8-5-2/h8,11,16-17,19-20,25-26,28-29,33,35,40,43,49,52,63H,4-7,9-10,12-15,18,21-24,27,30-32,34,36-39,41-42,44-48,50-51,53-62H2,1-3H3/b11-8-,19-16-,20-17-,28-25-,29-26-,35-33-,43-40-,52-49-. The second-order valence-corrected chi connectivity index (χ2v) is 19.5. The minimum Gasteiger partial charge on any atom is -0.462 e. The summed E-state index contributed by atoms with van der Waals surface area (Å²) in [6, 6.07) is 0. The molecule has 0 aromatic heterocycles. The summed E-state index contributed by atoms with van der Waals surface area (Å²) >= 11 is 0. The Hall–Kier alpha value is -3.18. The van der Waals surface area contributed by atoms with Crippen molar-refractivity contribution in [2.75, 3.05) is 19.8 Å². The third-order valence-corrected chi connectivity index (χ3v) is 12.6. The molecule has 0 aliphatic rings. The zero-order valence-electron chi connectivity index (χ0n) is 46.3. The van der Waals surface area contributed by atoms with Crippen molar-refractivity contribution in [1.82, 2.24) is 0 Å². The van der Waals surface area contributed by atoms with Crippen LogP contribution in [0.1, 0.15) is 278 Å². The van der Waals surface area contributed by atoms with Crippen molar-refractivity contribution in [1.29, 1.82) is 0 Å². The van der Waals surface area contributed by atoms with Gasteiger partial charge in [-0.1, -0.05) is 272 Å². The second kappa shape index (κ2) is 60.1. The van der Waals surface area contributed by atoms with Crippen LogP contribution in [0.3, 0.4) is 0 Å². The summed E-state index contributed by atoms with van der Waals surface area (Å²) in [5, 5.41) is 0. The Morgan fingerprint density at radius 3 is 1.11 bits per heavy atom. The third-order valence-electron chi connectivity index (χ3n) is 12.6. The van der Waals surface area contributed by atoms with Crippen LogP contribution in [0.25, 0.3) is 0 Å². The maximum Gasteiger partial charge on any atom is 0.306 e. The van der Waals surface area contributed by atoms with Gasteiger partial charge in [-0.15, -0.1) is 0 Å². The highest BCUT2D eigenvalue weighted by atomic mass is 16.6.